The number of alkyl halides is 1. The van der Waals surface area contributed by atoms with Gasteiger partial charge in [-0.05, 0) is 5.56 Å². The second kappa shape index (κ2) is 3.38. The van der Waals surface area contributed by atoms with Crippen LogP contribution in [0.2, 0.25) is 0 Å². The first-order valence-corrected chi connectivity index (χ1v) is 4.68. The Morgan fingerprint density at radius 3 is 2.62 bits per heavy atom. The molecular weight excluding hydrogens is 186 g/mol. The summed E-state index contributed by atoms with van der Waals surface area (Å²) >= 11 is 5.67. The van der Waals surface area contributed by atoms with Crippen LogP contribution >= 0.6 is 11.6 Å². The van der Waals surface area contributed by atoms with E-state index in [1.165, 1.54) is 0 Å². The number of likely N-dealkylation sites (tertiary alicyclic amines) is 1. The van der Waals surface area contributed by atoms with Crippen LogP contribution in [0.25, 0.3) is 0 Å². The van der Waals surface area contributed by atoms with Crippen LogP contribution in [0.3, 0.4) is 0 Å². The van der Waals surface area contributed by atoms with Crippen LogP contribution in [0.4, 0.5) is 0 Å². The van der Waals surface area contributed by atoms with Gasteiger partial charge in [0.2, 0.25) is 5.91 Å². The molecule has 1 aromatic carbocycles. The van der Waals surface area contributed by atoms with E-state index in [0.717, 1.165) is 5.56 Å². The van der Waals surface area contributed by atoms with Crippen molar-refractivity contribution in [3.05, 3.63) is 35.9 Å². The number of benzene rings is 1. The zero-order valence-corrected chi connectivity index (χ0v) is 7.87. The van der Waals surface area contributed by atoms with Crippen molar-refractivity contribution in [1.29, 1.82) is 0 Å². The molecule has 1 fully saturated rings. The van der Waals surface area contributed by atoms with Gasteiger partial charge in [0.1, 0.15) is 5.38 Å². The minimum absolute atomic E-state index is 0.0468. The highest BCUT2D eigenvalue weighted by molar-refractivity contribution is 6.33. The van der Waals surface area contributed by atoms with Crippen molar-refractivity contribution in [1.82, 2.24) is 4.90 Å². The molecule has 0 spiro atoms. The van der Waals surface area contributed by atoms with Gasteiger partial charge in [-0.2, -0.15) is 0 Å². The van der Waals surface area contributed by atoms with Gasteiger partial charge in [0.25, 0.3) is 0 Å². The molecule has 1 aliphatic heterocycles. The van der Waals surface area contributed by atoms with Gasteiger partial charge >= 0.3 is 0 Å². The first-order valence-electron chi connectivity index (χ1n) is 4.24. The Hall–Kier alpha value is -1.02. The summed E-state index contributed by atoms with van der Waals surface area (Å²) in [6, 6.07) is 9.92. The lowest BCUT2D eigenvalue weighted by molar-refractivity contribution is -0.139. The van der Waals surface area contributed by atoms with Crippen LogP contribution in [0.1, 0.15) is 5.56 Å². The SMILES string of the molecule is O=C1[C@@H](Cl)CN1Cc1ccccc1. The predicted octanol–water partition coefficient (Wildman–Crippen LogP) is 1.64. The molecule has 1 heterocycles. The van der Waals surface area contributed by atoms with E-state index < -0.39 is 0 Å². The minimum atomic E-state index is -0.288. The van der Waals surface area contributed by atoms with Crippen molar-refractivity contribution in [3.63, 3.8) is 0 Å². The van der Waals surface area contributed by atoms with Gasteiger partial charge in [-0.1, -0.05) is 30.3 Å². The Labute approximate surface area is 82.1 Å². The number of amides is 1. The Balaban J connectivity index is 1.97. The molecule has 0 aliphatic carbocycles. The third-order valence-electron chi connectivity index (χ3n) is 2.18. The van der Waals surface area contributed by atoms with Gasteiger partial charge in [0.05, 0.1) is 0 Å². The number of carbonyl (C=O) groups excluding carboxylic acids is 1. The molecule has 1 atom stereocenters. The fourth-order valence-corrected chi connectivity index (χ4v) is 1.70. The molecule has 1 aromatic rings. The fourth-order valence-electron chi connectivity index (χ4n) is 1.39. The Kier molecular flexibility index (Phi) is 2.23. The third kappa shape index (κ3) is 1.68. The second-order valence-corrected chi connectivity index (χ2v) is 3.70. The van der Waals surface area contributed by atoms with E-state index in [-0.39, 0.29) is 11.3 Å². The number of rotatable bonds is 2. The molecule has 1 saturated heterocycles. The highest BCUT2D eigenvalue weighted by Crippen LogP contribution is 2.18. The van der Waals surface area contributed by atoms with E-state index in [4.69, 9.17) is 11.6 Å². The lowest BCUT2D eigenvalue weighted by Gasteiger charge is -2.34. The molecule has 0 saturated carbocycles. The van der Waals surface area contributed by atoms with E-state index in [9.17, 15) is 4.79 Å². The van der Waals surface area contributed by atoms with Gasteiger partial charge in [-0.3, -0.25) is 4.79 Å². The van der Waals surface area contributed by atoms with Crippen LogP contribution in [0.15, 0.2) is 30.3 Å². The monoisotopic (exact) mass is 195 g/mol. The first kappa shape index (κ1) is 8.57. The van der Waals surface area contributed by atoms with Crippen LogP contribution in [-0.2, 0) is 11.3 Å². The largest absolute Gasteiger partial charge is 0.335 e. The normalized spacial score (nSPS) is 21.5. The molecule has 3 heteroatoms. The standard InChI is InChI=1S/C10H10ClNO/c11-9-7-12(10(9)13)6-8-4-2-1-3-5-8/h1-5,9H,6-7H2/t9-/m0/s1. The first-order chi connectivity index (χ1) is 6.27. The number of carbonyl (C=O) groups is 1. The second-order valence-electron chi connectivity index (χ2n) is 3.17. The molecular formula is C10H10ClNO. The van der Waals surface area contributed by atoms with E-state index in [0.29, 0.717) is 13.1 Å². The topological polar surface area (TPSA) is 20.3 Å². The highest BCUT2D eigenvalue weighted by Gasteiger charge is 2.34. The summed E-state index contributed by atoms with van der Waals surface area (Å²) in [5.74, 6) is 0.0468. The fraction of sp³-hybridized carbons (Fsp3) is 0.300. The molecule has 1 amide bonds. The van der Waals surface area contributed by atoms with Gasteiger partial charge in [-0.15, -0.1) is 11.6 Å². The quantitative estimate of drug-likeness (QED) is 0.519. The molecule has 0 radical (unpaired) electrons. The van der Waals surface area contributed by atoms with Gasteiger partial charge in [0.15, 0.2) is 0 Å². The Morgan fingerprint density at radius 1 is 1.38 bits per heavy atom. The maximum absolute atomic E-state index is 11.2. The summed E-state index contributed by atoms with van der Waals surface area (Å²) in [5, 5.41) is -0.288. The minimum Gasteiger partial charge on any atom is -0.335 e. The molecule has 0 N–H and O–H groups in total. The average molecular weight is 196 g/mol. The van der Waals surface area contributed by atoms with E-state index in [1.54, 1.807) is 4.90 Å². The summed E-state index contributed by atoms with van der Waals surface area (Å²) in [7, 11) is 0. The zero-order valence-electron chi connectivity index (χ0n) is 7.11. The molecule has 0 unspecified atom stereocenters. The maximum atomic E-state index is 11.2. The molecule has 13 heavy (non-hydrogen) atoms. The average Bonchev–Trinajstić information content (AvgIpc) is 2.19. The van der Waals surface area contributed by atoms with E-state index in [1.807, 2.05) is 30.3 Å². The molecule has 2 rings (SSSR count). The van der Waals surface area contributed by atoms with E-state index in [2.05, 4.69) is 0 Å². The number of nitrogens with zero attached hydrogens (tertiary/aromatic N) is 1. The van der Waals surface area contributed by atoms with Crippen molar-refractivity contribution in [3.8, 4) is 0 Å². The summed E-state index contributed by atoms with van der Waals surface area (Å²) < 4.78 is 0. The summed E-state index contributed by atoms with van der Waals surface area (Å²) in [6.45, 7) is 1.36. The van der Waals surface area contributed by atoms with Crippen LogP contribution < -0.4 is 0 Å². The van der Waals surface area contributed by atoms with Crippen molar-refractivity contribution < 1.29 is 4.79 Å². The lowest BCUT2D eigenvalue weighted by Crippen LogP contribution is -2.52. The number of β-lactam (4-membered cyclic amide) rings is 1. The molecule has 68 valence electrons. The lowest BCUT2D eigenvalue weighted by atomic mass is 10.1. The van der Waals surface area contributed by atoms with Gasteiger partial charge in [-0.25, -0.2) is 0 Å². The zero-order chi connectivity index (χ0) is 9.26. The van der Waals surface area contributed by atoms with Crippen molar-refractivity contribution >= 4 is 17.5 Å². The third-order valence-corrected chi connectivity index (χ3v) is 2.50. The maximum Gasteiger partial charge on any atom is 0.242 e. The smallest absolute Gasteiger partial charge is 0.242 e. The molecule has 0 aromatic heterocycles. The Bertz CT molecular complexity index is 312. The number of hydrogen-bond acceptors (Lipinski definition) is 1. The van der Waals surface area contributed by atoms with Crippen molar-refractivity contribution in [2.45, 2.75) is 11.9 Å². The predicted molar refractivity (Wildman–Crippen MR) is 51.5 cm³/mol. The molecule has 2 nitrogen and oxygen atoms in total. The van der Waals surface area contributed by atoms with Gasteiger partial charge < -0.3 is 4.90 Å². The Morgan fingerprint density at radius 2 is 2.08 bits per heavy atom. The van der Waals surface area contributed by atoms with Crippen LogP contribution in [0.5, 0.6) is 0 Å². The summed E-state index contributed by atoms with van der Waals surface area (Å²) in [4.78, 5) is 12.9. The molecule has 0 bridgehead atoms. The van der Waals surface area contributed by atoms with Crippen LogP contribution in [-0.4, -0.2) is 22.7 Å². The van der Waals surface area contributed by atoms with Crippen molar-refractivity contribution in [2.24, 2.45) is 0 Å². The highest BCUT2D eigenvalue weighted by atomic mass is 35.5. The van der Waals surface area contributed by atoms with E-state index >= 15 is 0 Å². The van der Waals surface area contributed by atoms with Gasteiger partial charge in [0, 0.05) is 13.1 Å². The summed E-state index contributed by atoms with van der Waals surface area (Å²) in [5.41, 5.74) is 1.15. The van der Waals surface area contributed by atoms with Crippen LogP contribution in [0, 0.1) is 0 Å². The number of hydrogen-bond donors (Lipinski definition) is 0. The molecule has 1 aliphatic rings. The van der Waals surface area contributed by atoms with Crippen molar-refractivity contribution in [2.75, 3.05) is 6.54 Å². The number of halogens is 1. The summed E-state index contributed by atoms with van der Waals surface area (Å²) in [6.07, 6.45) is 0.